The lowest BCUT2D eigenvalue weighted by Gasteiger charge is -2.09. The molecule has 9 heteroatoms. The van der Waals surface area contributed by atoms with Crippen molar-refractivity contribution in [1.29, 1.82) is 0 Å². The second-order valence-electron chi connectivity index (χ2n) is 5.46. The minimum absolute atomic E-state index is 0.125. The summed E-state index contributed by atoms with van der Waals surface area (Å²) in [5.41, 5.74) is 2.47. The molecule has 0 atom stereocenters. The number of thiazole rings is 1. The number of carbonyl (C=O) groups is 1. The number of rotatable bonds is 7. The molecule has 3 aromatic rings. The summed E-state index contributed by atoms with van der Waals surface area (Å²) in [6, 6.07) is 9.26. The van der Waals surface area contributed by atoms with Crippen molar-refractivity contribution in [3.63, 3.8) is 0 Å². The van der Waals surface area contributed by atoms with E-state index >= 15 is 0 Å². The molecule has 3 rings (SSSR count). The summed E-state index contributed by atoms with van der Waals surface area (Å²) in [6.45, 7) is 1.89. The van der Waals surface area contributed by atoms with Gasteiger partial charge in [0.25, 0.3) is 0 Å². The monoisotopic (exact) mass is 402 g/mol. The van der Waals surface area contributed by atoms with Gasteiger partial charge in [-0.05, 0) is 37.3 Å². The van der Waals surface area contributed by atoms with Gasteiger partial charge in [0, 0.05) is 10.9 Å². The molecule has 2 heterocycles. The van der Waals surface area contributed by atoms with Crippen molar-refractivity contribution in [2.24, 2.45) is 0 Å². The van der Waals surface area contributed by atoms with Gasteiger partial charge in [0.15, 0.2) is 16.6 Å². The van der Waals surface area contributed by atoms with E-state index in [4.69, 9.17) is 9.47 Å². The minimum Gasteiger partial charge on any atom is -0.493 e. The zero-order valence-electron chi connectivity index (χ0n) is 15.1. The van der Waals surface area contributed by atoms with Crippen molar-refractivity contribution >= 4 is 34.1 Å². The van der Waals surface area contributed by atoms with E-state index in [9.17, 15) is 4.79 Å². The number of amides is 1. The van der Waals surface area contributed by atoms with Gasteiger partial charge in [-0.2, -0.15) is 0 Å². The SMILES string of the molecule is COc1ccc(-c2ccc(SCC(=O)Nc3nc(C)cs3)nn2)cc1OC. The summed E-state index contributed by atoms with van der Waals surface area (Å²) < 4.78 is 10.5. The lowest BCUT2D eigenvalue weighted by atomic mass is 10.1. The van der Waals surface area contributed by atoms with Gasteiger partial charge < -0.3 is 14.8 Å². The number of benzene rings is 1. The highest BCUT2D eigenvalue weighted by atomic mass is 32.2. The quantitative estimate of drug-likeness (QED) is 0.604. The highest BCUT2D eigenvalue weighted by Gasteiger charge is 2.10. The zero-order chi connectivity index (χ0) is 19.2. The highest BCUT2D eigenvalue weighted by Crippen LogP contribution is 2.31. The highest BCUT2D eigenvalue weighted by molar-refractivity contribution is 7.99. The number of carbonyl (C=O) groups excluding carboxylic acids is 1. The second-order valence-corrected chi connectivity index (χ2v) is 7.31. The van der Waals surface area contributed by atoms with Crippen molar-refractivity contribution in [2.45, 2.75) is 11.9 Å². The van der Waals surface area contributed by atoms with Crippen LogP contribution < -0.4 is 14.8 Å². The number of methoxy groups -OCH3 is 2. The molecule has 2 aromatic heterocycles. The Morgan fingerprint density at radius 2 is 1.96 bits per heavy atom. The third kappa shape index (κ3) is 4.95. The summed E-state index contributed by atoms with van der Waals surface area (Å²) in [5, 5.41) is 14.4. The summed E-state index contributed by atoms with van der Waals surface area (Å²) in [4.78, 5) is 16.2. The molecule has 7 nitrogen and oxygen atoms in total. The van der Waals surface area contributed by atoms with Crippen LogP contribution in [0, 0.1) is 6.92 Å². The van der Waals surface area contributed by atoms with Gasteiger partial charge in [0.2, 0.25) is 5.91 Å². The first-order chi connectivity index (χ1) is 13.1. The molecule has 0 fully saturated rings. The molecule has 1 amide bonds. The van der Waals surface area contributed by atoms with Crippen molar-refractivity contribution in [2.75, 3.05) is 25.3 Å². The molecule has 0 unspecified atom stereocenters. The molecule has 0 saturated heterocycles. The normalized spacial score (nSPS) is 10.5. The van der Waals surface area contributed by atoms with Crippen LogP contribution in [0.15, 0.2) is 40.7 Å². The Balaban J connectivity index is 1.61. The standard InChI is InChI=1S/C18H18N4O3S2/c1-11-9-27-18(19-11)20-16(23)10-26-17-7-5-13(21-22-17)12-4-6-14(24-2)15(8-12)25-3/h4-9H,10H2,1-3H3,(H,19,20,23). The van der Waals surface area contributed by atoms with Crippen LogP contribution >= 0.6 is 23.1 Å². The molecule has 0 aliphatic heterocycles. The third-order valence-electron chi connectivity index (χ3n) is 3.54. The Morgan fingerprint density at radius 1 is 1.15 bits per heavy atom. The van der Waals surface area contributed by atoms with Crippen molar-refractivity contribution in [3.05, 3.63) is 41.4 Å². The lowest BCUT2D eigenvalue weighted by molar-refractivity contribution is -0.113. The van der Waals surface area contributed by atoms with Crippen LogP contribution in [0.3, 0.4) is 0 Å². The Kier molecular flexibility index (Phi) is 6.25. The predicted octanol–water partition coefficient (Wildman–Crippen LogP) is 3.66. The van der Waals surface area contributed by atoms with Gasteiger partial charge in [-0.25, -0.2) is 4.98 Å². The molecule has 0 aliphatic carbocycles. The number of aromatic nitrogens is 3. The summed E-state index contributed by atoms with van der Waals surface area (Å²) in [7, 11) is 3.18. The van der Waals surface area contributed by atoms with E-state index in [0.717, 1.165) is 11.3 Å². The maximum absolute atomic E-state index is 12.0. The molecular weight excluding hydrogens is 384 g/mol. The topological polar surface area (TPSA) is 86.2 Å². The number of nitrogens with zero attached hydrogens (tertiary/aromatic N) is 3. The maximum atomic E-state index is 12.0. The van der Waals surface area contributed by atoms with E-state index in [0.29, 0.717) is 27.4 Å². The fourth-order valence-electron chi connectivity index (χ4n) is 2.25. The summed E-state index contributed by atoms with van der Waals surface area (Å²) in [6.07, 6.45) is 0. The van der Waals surface area contributed by atoms with Gasteiger partial charge in [-0.1, -0.05) is 11.8 Å². The average molecular weight is 403 g/mol. The number of ether oxygens (including phenoxy) is 2. The van der Waals surface area contributed by atoms with Gasteiger partial charge in [-0.15, -0.1) is 21.5 Å². The smallest absolute Gasteiger partial charge is 0.236 e. The number of aryl methyl sites for hydroxylation is 1. The second kappa shape index (κ2) is 8.83. The van der Waals surface area contributed by atoms with E-state index in [1.54, 1.807) is 14.2 Å². The average Bonchev–Trinajstić information content (AvgIpc) is 3.10. The Bertz CT molecular complexity index is 929. The van der Waals surface area contributed by atoms with Crippen LogP contribution in [-0.4, -0.2) is 41.1 Å². The zero-order valence-corrected chi connectivity index (χ0v) is 16.7. The minimum atomic E-state index is -0.125. The van der Waals surface area contributed by atoms with E-state index in [2.05, 4.69) is 20.5 Å². The molecule has 0 spiro atoms. The third-order valence-corrected chi connectivity index (χ3v) is 5.33. The van der Waals surface area contributed by atoms with Crippen LogP contribution in [0.25, 0.3) is 11.3 Å². The van der Waals surface area contributed by atoms with Crippen LogP contribution in [0.2, 0.25) is 0 Å². The number of thioether (sulfide) groups is 1. The van der Waals surface area contributed by atoms with E-state index in [-0.39, 0.29) is 11.7 Å². The fourth-order valence-corrected chi connectivity index (χ4v) is 3.57. The molecule has 1 aromatic carbocycles. The van der Waals surface area contributed by atoms with Crippen LogP contribution in [0.4, 0.5) is 5.13 Å². The Labute approximate surface area is 165 Å². The molecule has 0 bridgehead atoms. The number of nitrogens with one attached hydrogen (secondary N) is 1. The van der Waals surface area contributed by atoms with Crippen LogP contribution in [-0.2, 0) is 4.79 Å². The molecule has 140 valence electrons. The van der Waals surface area contributed by atoms with Crippen molar-refractivity contribution in [1.82, 2.24) is 15.2 Å². The Morgan fingerprint density at radius 3 is 2.59 bits per heavy atom. The Hall–Kier alpha value is -2.65. The first kappa shape index (κ1) is 19.1. The molecule has 0 radical (unpaired) electrons. The van der Waals surface area contributed by atoms with E-state index < -0.39 is 0 Å². The summed E-state index contributed by atoms with van der Waals surface area (Å²) >= 11 is 2.72. The molecule has 0 saturated carbocycles. The number of hydrogen-bond acceptors (Lipinski definition) is 8. The first-order valence-corrected chi connectivity index (χ1v) is 9.86. The van der Waals surface area contributed by atoms with Crippen LogP contribution in [0.1, 0.15) is 5.69 Å². The van der Waals surface area contributed by atoms with Crippen molar-refractivity contribution in [3.8, 4) is 22.8 Å². The van der Waals surface area contributed by atoms with E-state index in [1.165, 1.54) is 23.1 Å². The molecular formula is C18H18N4O3S2. The molecule has 0 aliphatic rings. The van der Waals surface area contributed by atoms with Crippen LogP contribution in [0.5, 0.6) is 11.5 Å². The van der Waals surface area contributed by atoms with Gasteiger partial charge in [0.05, 0.1) is 31.4 Å². The maximum Gasteiger partial charge on any atom is 0.236 e. The molecule has 1 N–H and O–H groups in total. The van der Waals surface area contributed by atoms with Gasteiger partial charge in [0.1, 0.15) is 5.03 Å². The van der Waals surface area contributed by atoms with E-state index in [1.807, 2.05) is 42.6 Å². The van der Waals surface area contributed by atoms with Gasteiger partial charge >= 0.3 is 0 Å². The summed E-state index contributed by atoms with van der Waals surface area (Å²) in [5.74, 6) is 1.40. The van der Waals surface area contributed by atoms with Crippen molar-refractivity contribution < 1.29 is 14.3 Å². The number of anilines is 1. The number of hydrogen-bond donors (Lipinski definition) is 1. The first-order valence-electron chi connectivity index (χ1n) is 8.00. The largest absolute Gasteiger partial charge is 0.493 e. The fraction of sp³-hybridized carbons (Fsp3) is 0.222. The van der Waals surface area contributed by atoms with Gasteiger partial charge in [-0.3, -0.25) is 4.79 Å². The predicted molar refractivity (Wildman–Crippen MR) is 107 cm³/mol. The lowest BCUT2D eigenvalue weighted by Crippen LogP contribution is -2.14. The molecule has 27 heavy (non-hydrogen) atoms.